The van der Waals surface area contributed by atoms with Gasteiger partial charge in [-0.25, -0.2) is 5.43 Å². The average molecular weight is 437 g/mol. The molecule has 1 amide bonds. The first-order valence-electron chi connectivity index (χ1n) is 10.4. The number of quaternary nitrogens is 1. The highest BCUT2D eigenvalue weighted by Crippen LogP contribution is 2.23. The lowest BCUT2D eigenvalue weighted by Crippen LogP contribution is -3.15. The number of amides is 1. The predicted molar refractivity (Wildman–Crippen MR) is 121 cm³/mol. The number of piperazine rings is 1. The smallest absolute Gasteiger partial charge is 0.295 e. The van der Waals surface area contributed by atoms with Crippen molar-refractivity contribution >= 4 is 34.5 Å². The van der Waals surface area contributed by atoms with E-state index in [1.165, 1.54) is 22.7 Å². The van der Waals surface area contributed by atoms with Crippen molar-refractivity contribution in [1.29, 1.82) is 0 Å². The fourth-order valence-corrected chi connectivity index (χ4v) is 4.02. The second-order valence-corrected chi connectivity index (χ2v) is 8.26. The molecule has 0 unspecified atom stereocenters. The summed E-state index contributed by atoms with van der Waals surface area (Å²) < 4.78 is 0. The molecule has 1 aliphatic rings. The molecule has 2 N–H and O–H groups in total. The number of rotatable bonds is 6. The number of carbonyl (C=O) groups is 1. The molecular weight excluding hydrogens is 412 g/mol. The average Bonchev–Trinajstić information content (AvgIpc) is 2.78. The van der Waals surface area contributed by atoms with Crippen LogP contribution in [0.5, 0.6) is 5.75 Å². The van der Waals surface area contributed by atoms with Gasteiger partial charge in [0.25, 0.3) is 5.91 Å². The molecule has 0 aliphatic carbocycles. The third kappa shape index (κ3) is 5.61. The number of hydrogen-bond donors (Lipinski definition) is 2. The molecule has 3 aromatic rings. The summed E-state index contributed by atoms with van der Waals surface area (Å²) in [6.07, 6.45) is 1.45. The van der Waals surface area contributed by atoms with E-state index in [1.54, 1.807) is 6.07 Å². The minimum Gasteiger partial charge on any atom is -0.872 e. The maximum Gasteiger partial charge on any atom is 0.295 e. The van der Waals surface area contributed by atoms with Crippen LogP contribution >= 0.6 is 11.6 Å². The Morgan fingerprint density at radius 2 is 1.84 bits per heavy atom. The normalized spacial score (nSPS) is 15.5. The molecule has 6 nitrogen and oxygen atoms in total. The van der Waals surface area contributed by atoms with Crippen LogP contribution in [0, 0.1) is 0 Å². The molecule has 31 heavy (non-hydrogen) atoms. The largest absolute Gasteiger partial charge is 0.872 e. The number of carbonyl (C=O) groups excluding carboxylic acids is 1. The van der Waals surface area contributed by atoms with E-state index in [4.69, 9.17) is 11.6 Å². The monoisotopic (exact) mass is 436 g/mol. The van der Waals surface area contributed by atoms with Crippen molar-refractivity contribution in [3.63, 3.8) is 0 Å². The summed E-state index contributed by atoms with van der Waals surface area (Å²) in [6, 6.07) is 18.9. The fourth-order valence-electron chi connectivity index (χ4n) is 3.90. The lowest BCUT2D eigenvalue weighted by Gasteiger charge is -2.31. The summed E-state index contributed by atoms with van der Waals surface area (Å²) in [4.78, 5) is 15.9. The molecule has 3 aromatic carbocycles. The Balaban J connectivity index is 1.26. The second-order valence-electron chi connectivity index (χ2n) is 7.82. The van der Waals surface area contributed by atoms with Crippen LogP contribution in [0.2, 0.25) is 5.02 Å². The molecule has 160 valence electrons. The lowest BCUT2D eigenvalue weighted by molar-refractivity contribution is -0.896. The fraction of sp³-hybridized carbons (Fsp3) is 0.250. The van der Waals surface area contributed by atoms with Crippen molar-refractivity contribution in [3.8, 4) is 5.75 Å². The molecule has 0 saturated carbocycles. The van der Waals surface area contributed by atoms with Crippen LogP contribution in [0.3, 0.4) is 0 Å². The number of hydrogen-bond acceptors (Lipinski definition) is 4. The van der Waals surface area contributed by atoms with Gasteiger partial charge in [0.2, 0.25) is 0 Å². The van der Waals surface area contributed by atoms with Gasteiger partial charge in [0.1, 0.15) is 0 Å². The summed E-state index contributed by atoms with van der Waals surface area (Å²) in [5.41, 5.74) is 4.30. The summed E-state index contributed by atoms with van der Waals surface area (Å²) in [7, 11) is 0. The van der Waals surface area contributed by atoms with Crippen LogP contribution in [0.15, 0.2) is 65.8 Å². The zero-order chi connectivity index (χ0) is 21.6. The number of hydrazone groups is 1. The molecule has 0 atom stereocenters. The minimum absolute atomic E-state index is 0.112. The zero-order valence-corrected chi connectivity index (χ0v) is 17.9. The first-order chi connectivity index (χ1) is 15.1. The van der Waals surface area contributed by atoms with Gasteiger partial charge in [-0.2, -0.15) is 5.10 Å². The summed E-state index contributed by atoms with van der Waals surface area (Å²) in [5.74, 6) is -0.260. The van der Waals surface area contributed by atoms with Gasteiger partial charge in [-0.15, -0.1) is 0 Å². The van der Waals surface area contributed by atoms with Crippen LogP contribution in [-0.2, 0) is 11.3 Å². The van der Waals surface area contributed by atoms with Crippen molar-refractivity contribution in [3.05, 3.63) is 76.8 Å². The third-order valence-electron chi connectivity index (χ3n) is 5.61. The molecule has 1 aliphatic heterocycles. The summed E-state index contributed by atoms with van der Waals surface area (Å²) >= 11 is 5.95. The Morgan fingerprint density at radius 1 is 1.10 bits per heavy atom. The van der Waals surface area contributed by atoms with Gasteiger partial charge in [0.15, 0.2) is 6.54 Å². The van der Waals surface area contributed by atoms with E-state index in [1.807, 2.05) is 36.4 Å². The van der Waals surface area contributed by atoms with Crippen LogP contribution < -0.4 is 15.4 Å². The van der Waals surface area contributed by atoms with Crippen molar-refractivity contribution in [1.82, 2.24) is 10.3 Å². The maximum absolute atomic E-state index is 12.3. The third-order valence-corrected chi connectivity index (χ3v) is 5.86. The van der Waals surface area contributed by atoms with Crippen molar-refractivity contribution < 1.29 is 14.8 Å². The maximum atomic E-state index is 12.3. The number of halogens is 1. The number of nitrogens with zero attached hydrogens (tertiary/aromatic N) is 2. The Morgan fingerprint density at radius 3 is 2.61 bits per heavy atom. The highest BCUT2D eigenvalue weighted by Gasteiger charge is 2.22. The SMILES string of the molecule is O=C(C[NH+]1CCN(Cc2ccc(Cl)cc2)CC1)N/N=C/c1c([O-])ccc2ccccc12. The van der Waals surface area contributed by atoms with Gasteiger partial charge in [0.05, 0.1) is 19.3 Å². The molecule has 0 aromatic heterocycles. The zero-order valence-electron chi connectivity index (χ0n) is 17.2. The molecule has 1 heterocycles. The Kier molecular flexibility index (Phi) is 6.82. The Labute approximate surface area is 186 Å². The van der Waals surface area contributed by atoms with Crippen LogP contribution in [0.25, 0.3) is 10.8 Å². The van der Waals surface area contributed by atoms with E-state index in [-0.39, 0.29) is 11.7 Å². The van der Waals surface area contributed by atoms with E-state index in [0.29, 0.717) is 12.1 Å². The Hall–Kier alpha value is -2.93. The topological polar surface area (TPSA) is 72.2 Å². The van der Waals surface area contributed by atoms with Crippen molar-refractivity contribution in [2.45, 2.75) is 6.54 Å². The molecule has 7 heteroatoms. The molecule has 0 radical (unpaired) electrons. The van der Waals surface area contributed by atoms with Crippen LogP contribution in [0.4, 0.5) is 0 Å². The summed E-state index contributed by atoms with van der Waals surface area (Å²) in [5, 5.41) is 18.8. The van der Waals surface area contributed by atoms with Gasteiger partial charge in [-0.3, -0.25) is 9.69 Å². The summed E-state index contributed by atoms with van der Waals surface area (Å²) in [6.45, 7) is 4.93. The van der Waals surface area contributed by atoms with Crippen molar-refractivity contribution in [2.24, 2.45) is 5.10 Å². The van der Waals surface area contributed by atoms with E-state index in [2.05, 4.69) is 27.6 Å². The van der Waals surface area contributed by atoms with Gasteiger partial charge in [-0.1, -0.05) is 65.9 Å². The number of nitrogens with one attached hydrogen (secondary N) is 2. The number of fused-ring (bicyclic) bond motifs is 1. The first-order valence-corrected chi connectivity index (χ1v) is 10.8. The van der Waals surface area contributed by atoms with Crippen LogP contribution in [-0.4, -0.2) is 49.7 Å². The van der Waals surface area contributed by atoms with Gasteiger partial charge >= 0.3 is 0 Å². The number of benzene rings is 3. The molecule has 4 rings (SSSR count). The van der Waals surface area contributed by atoms with Gasteiger partial charge < -0.3 is 10.0 Å². The predicted octanol–water partition coefficient (Wildman–Crippen LogP) is 1.42. The highest BCUT2D eigenvalue weighted by molar-refractivity contribution is 6.30. The van der Waals surface area contributed by atoms with Crippen molar-refractivity contribution in [2.75, 3.05) is 32.7 Å². The molecule has 1 saturated heterocycles. The molecule has 0 bridgehead atoms. The van der Waals surface area contributed by atoms with E-state index in [9.17, 15) is 9.90 Å². The quantitative estimate of drug-likeness (QED) is 0.453. The van der Waals surface area contributed by atoms with E-state index in [0.717, 1.165) is 48.5 Å². The highest BCUT2D eigenvalue weighted by atomic mass is 35.5. The Bertz CT molecular complexity index is 1080. The molecule has 0 spiro atoms. The van der Waals surface area contributed by atoms with Gasteiger partial charge in [-0.05, 0) is 34.0 Å². The second kappa shape index (κ2) is 9.92. The van der Waals surface area contributed by atoms with Crippen LogP contribution in [0.1, 0.15) is 11.1 Å². The standard InChI is InChI=1S/C24H25ClN4O2/c25-20-8-5-18(6-9-20)16-28-11-13-29(14-12-28)17-24(31)27-26-15-22-21-4-2-1-3-19(21)7-10-23(22)30/h1-10,15,30H,11-14,16-17H2,(H,27,31)/b26-15+. The minimum atomic E-state index is -0.148. The van der Waals surface area contributed by atoms with E-state index >= 15 is 0 Å². The molecule has 1 fully saturated rings. The molecular formula is C24H25ClN4O2. The van der Waals surface area contributed by atoms with E-state index < -0.39 is 0 Å². The van der Waals surface area contributed by atoms with Gasteiger partial charge in [0, 0.05) is 24.7 Å². The first kappa shape index (κ1) is 21.3. The lowest BCUT2D eigenvalue weighted by atomic mass is 10.0.